The van der Waals surface area contributed by atoms with Crippen LogP contribution < -0.4 is 0 Å². The lowest BCUT2D eigenvalue weighted by atomic mass is 10.1. The Bertz CT molecular complexity index is 150. The van der Waals surface area contributed by atoms with Crippen molar-refractivity contribution in [2.45, 2.75) is 44.0 Å². The maximum atomic E-state index is 9.46. The topological polar surface area (TPSA) is 32.6 Å². The highest BCUT2D eigenvalue weighted by Gasteiger charge is 2.02. The number of hydrogen-bond donors (Lipinski definition) is 1. The third-order valence-corrected chi connectivity index (χ3v) is 3.28. The molecule has 1 rings (SSSR count). The van der Waals surface area contributed by atoms with Gasteiger partial charge >= 0.3 is 0 Å². The molecule has 0 saturated carbocycles. The molecule has 0 aromatic carbocycles. The van der Waals surface area contributed by atoms with Crippen molar-refractivity contribution in [1.82, 2.24) is 0 Å². The minimum atomic E-state index is -0.233. The van der Waals surface area contributed by atoms with Crippen molar-refractivity contribution in [2.24, 2.45) is 4.99 Å². The first-order valence-electron chi connectivity index (χ1n) is 5.17. The van der Waals surface area contributed by atoms with Crippen LogP contribution in [-0.2, 0) is 0 Å². The van der Waals surface area contributed by atoms with Gasteiger partial charge in [-0.1, -0.05) is 19.3 Å². The van der Waals surface area contributed by atoms with Gasteiger partial charge in [-0.2, -0.15) is 0 Å². The van der Waals surface area contributed by atoms with Crippen LogP contribution in [0, 0.1) is 0 Å². The third kappa shape index (κ3) is 6.11. The van der Waals surface area contributed by atoms with Crippen molar-refractivity contribution in [3.05, 3.63) is 0 Å². The molecule has 0 saturated heterocycles. The molecule has 2 nitrogen and oxygen atoms in total. The Kier molecular flexibility index (Phi) is 6.29. The first-order chi connectivity index (χ1) is 6.39. The van der Waals surface area contributed by atoms with Crippen molar-refractivity contribution < 1.29 is 5.11 Å². The number of nitrogens with zero attached hydrogens (tertiary/aromatic N) is 1. The van der Waals surface area contributed by atoms with Crippen LogP contribution in [0.1, 0.15) is 38.5 Å². The standard InChI is InChI=1S/C10H19NOS/c12-10-6-8-11-7-4-2-1-3-5-9-13-10/h8,10,12H,1-7,9H2. The quantitative estimate of drug-likeness (QED) is 0.653. The lowest BCUT2D eigenvalue weighted by Crippen LogP contribution is -2.03. The van der Waals surface area contributed by atoms with Gasteiger partial charge in [0, 0.05) is 19.2 Å². The predicted molar refractivity (Wildman–Crippen MR) is 59.5 cm³/mol. The van der Waals surface area contributed by atoms with Crippen molar-refractivity contribution in [3.8, 4) is 0 Å². The number of aliphatic hydroxyl groups excluding tert-OH is 1. The molecular weight excluding hydrogens is 182 g/mol. The van der Waals surface area contributed by atoms with Gasteiger partial charge in [0.05, 0.1) is 0 Å². The van der Waals surface area contributed by atoms with Gasteiger partial charge in [-0.3, -0.25) is 4.99 Å². The molecule has 1 aliphatic rings. The second-order valence-corrected chi connectivity index (χ2v) is 4.70. The van der Waals surface area contributed by atoms with Crippen LogP contribution in [0.3, 0.4) is 0 Å². The van der Waals surface area contributed by atoms with Crippen LogP contribution in [0.15, 0.2) is 4.99 Å². The molecule has 1 atom stereocenters. The van der Waals surface area contributed by atoms with E-state index in [1.807, 2.05) is 6.21 Å². The monoisotopic (exact) mass is 201 g/mol. The van der Waals surface area contributed by atoms with Crippen molar-refractivity contribution in [1.29, 1.82) is 0 Å². The largest absolute Gasteiger partial charge is 0.382 e. The minimum absolute atomic E-state index is 0.233. The van der Waals surface area contributed by atoms with E-state index in [-0.39, 0.29) is 5.44 Å². The summed E-state index contributed by atoms with van der Waals surface area (Å²) in [5.74, 6) is 1.09. The zero-order valence-electron chi connectivity index (χ0n) is 8.11. The van der Waals surface area contributed by atoms with Gasteiger partial charge < -0.3 is 5.11 Å². The van der Waals surface area contributed by atoms with Gasteiger partial charge in [0.25, 0.3) is 0 Å². The summed E-state index contributed by atoms with van der Waals surface area (Å²) in [4.78, 5) is 4.26. The molecule has 0 spiro atoms. The van der Waals surface area contributed by atoms with Crippen molar-refractivity contribution in [3.63, 3.8) is 0 Å². The molecule has 0 radical (unpaired) electrons. The van der Waals surface area contributed by atoms with E-state index in [1.165, 1.54) is 32.1 Å². The Morgan fingerprint density at radius 3 is 2.85 bits per heavy atom. The number of aliphatic imine (C=N–C) groups is 1. The van der Waals surface area contributed by atoms with Crippen LogP contribution in [0.25, 0.3) is 0 Å². The van der Waals surface area contributed by atoms with E-state index in [9.17, 15) is 5.11 Å². The SMILES string of the molecule is OC1CC=NCCCCCCCS1. The highest BCUT2D eigenvalue weighted by atomic mass is 32.2. The summed E-state index contributed by atoms with van der Waals surface area (Å²) in [6.45, 7) is 0.942. The molecule has 0 bridgehead atoms. The van der Waals surface area contributed by atoms with Gasteiger partial charge in [0.15, 0.2) is 0 Å². The Hall–Kier alpha value is -0.0200. The summed E-state index contributed by atoms with van der Waals surface area (Å²) < 4.78 is 0. The second kappa shape index (κ2) is 7.39. The first kappa shape index (κ1) is 11.1. The summed E-state index contributed by atoms with van der Waals surface area (Å²) in [5, 5.41) is 9.46. The van der Waals surface area contributed by atoms with Gasteiger partial charge in [-0.05, 0) is 18.6 Å². The lowest BCUT2D eigenvalue weighted by molar-refractivity contribution is 0.273. The van der Waals surface area contributed by atoms with Crippen LogP contribution in [0.4, 0.5) is 0 Å². The Balaban J connectivity index is 2.22. The van der Waals surface area contributed by atoms with Crippen molar-refractivity contribution >= 4 is 18.0 Å². The van der Waals surface area contributed by atoms with Gasteiger partial charge in [-0.15, -0.1) is 11.8 Å². The average molecular weight is 201 g/mol. The maximum Gasteiger partial charge on any atom is 0.104 e. The number of thioether (sulfide) groups is 1. The predicted octanol–water partition coefficient (Wildman–Crippen LogP) is 2.46. The Morgan fingerprint density at radius 2 is 1.92 bits per heavy atom. The van der Waals surface area contributed by atoms with Gasteiger partial charge in [-0.25, -0.2) is 0 Å². The molecule has 3 heteroatoms. The summed E-state index contributed by atoms with van der Waals surface area (Å²) in [6, 6.07) is 0. The molecule has 1 heterocycles. The fraction of sp³-hybridized carbons (Fsp3) is 0.900. The Labute approximate surface area is 84.8 Å². The lowest BCUT2D eigenvalue weighted by Gasteiger charge is -2.08. The molecule has 76 valence electrons. The molecule has 1 unspecified atom stereocenters. The zero-order valence-corrected chi connectivity index (χ0v) is 8.93. The zero-order chi connectivity index (χ0) is 9.36. The van der Waals surface area contributed by atoms with Crippen LogP contribution in [-0.4, -0.2) is 29.1 Å². The molecule has 0 aliphatic carbocycles. The molecule has 0 aromatic rings. The van der Waals surface area contributed by atoms with Crippen LogP contribution in [0.2, 0.25) is 0 Å². The van der Waals surface area contributed by atoms with E-state index in [0.717, 1.165) is 12.3 Å². The van der Waals surface area contributed by atoms with Gasteiger partial charge in [0.2, 0.25) is 0 Å². The fourth-order valence-corrected chi connectivity index (χ4v) is 2.24. The van der Waals surface area contributed by atoms with E-state index in [1.54, 1.807) is 11.8 Å². The third-order valence-electron chi connectivity index (χ3n) is 2.18. The molecule has 1 N–H and O–H groups in total. The first-order valence-corrected chi connectivity index (χ1v) is 6.22. The molecule has 0 aromatic heterocycles. The van der Waals surface area contributed by atoms with E-state index in [4.69, 9.17) is 0 Å². The van der Waals surface area contributed by atoms with E-state index in [0.29, 0.717) is 6.42 Å². The average Bonchev–Trinajstić information content (AvgIpc) is 2.11. The minimum Gasteiger partial charge on any atom is -0.382 e. The Morgan fingerprint density at radius 1 is 1.15 bits per heavy atom. The van der Waals surface area contributed by atoms with E-state index < -0.39 is 0 Å². The number of aliphatic hydroxyl groups is 1. The summed E-state index contributed by atoms with van der Waals surface area (Å²) in [7, 11) is 0. The highest BCUT2D eigenvalue weighted by molar-refractivity contribution is 7.99. The second-order valence-electron chi connectivity index (χ2n) is 3.42. The number of rotatable bonds is 0. The maximum absolute atomic E-state index is 9.46. The van der Waals surface area contributed by atoms with E-state index in [2.05, 4.69) is 4.99 Å². The molecular formula is C10H19NOS. The summed E-state index contributed by atoms with van der Waals surface area (Å²) in [6.07, 6.45) is 8.99. The molecule has 1 aliphatic heterocycles. The highest BCUT2D eigenvalue weighted by Crippen LogP contribution is 2.15. The van der Waals surface area contributed by atoms with Crippen LogP contribution in [0.5, 0.6) is 0 Å². The smallest absolute Gasteiger partial charge is 0.104 e. The van der Waals surface area contributed by atoms with E-state index >= 15 is 0 Å². The van der Waals surface area contributed by atoms with Gasteiger partial charge in [0.1, 0.15) is 5.44 Å². The van der Waals surface area contributed by atoms with Crippen LogP contribution >= 0.6 is 11.8 Å². The number of hydrogen-bond acceptors (Lipinski definition) is 3. The summed E-state index contributed by atoms with van der Waals surface area (Å²) in [5.41, 5.74) is -0.233. The molecule has 0 amide bonds. The fourth-order valence-electron chi connectivity index (χ4n) is 1.38. The molecule has 0 fully saturated rings. The van der Waals surface area contributed by atoms with Crippen molar-refractivity contribution in [2.75, 3.05) is 12.3 Å². The normalized spacial score (nSPS) is 27.6. The molecule has 13 heavy (non-hydrogen) atoms. The summed E-state index contributed by atoms with van der Waals surface area (Å²) >= 11 is 1.66.